The van der Waals surface area contributed by atoms with Crippen LogP contribution in [0.4, 0.5) is 0 Å². The van der Waals surface area contributed by atoms with E-state index in [4.69, 9.17) is 5.73 Å². The van der Waals surface area contributed by atoms with Crippen molar-refractivity contribution in [3.63, 3.8) is 0 Å². The molecule has 0 atom stereocenters. The van der Waals surface area contributed by atoms with Gasteiger partial charge < -0.3 is 5.73 Å². The summed E-state index contributed by atoms with van der Waals surface area (Å²) in [6, 6.07) is 3.33. The van der Waals surface area contributed by atoms with Gasteiger partial charge >= 0.3 is 0 Å². The standard InChI is InChI=1S/C11H17BrN2O2S2.ClH/c12-9-4-5-10(17-9)18(15,16)14-8-11(13)6-2-1-3-7-11;/h4-5,14H,1-3,6-8,13H2;1H. The highest BCUT2D eigenvalue weighted by Crippen LogP contribution is 2.28. The Labute approximate surface area is 132 Å². The number of nitrogens with one attached hydrogen (secondary N) is 1. The molecule has 8 heteroatoms. The Hall–Kier alpha value is 0.340. The summed E-state index contributed by atoms with van der Waals surface area (Å²) in [4.78, 5) is 0. The van der Waals surface area contributed by atoms with Gasteiger partial charge in [0.25, 0.3) is 0 Å². The van der Waals surface area contributed by atoms with Crippen LogP contribution in [0.5, 0.6) is 0 Å². The van der Waals surface area contributed by atoms with E-state index in [2.05, 4.69) is 20.7 Å². The Morgan fingerprint density at radius 3 is 2.47 bits per heavy atom. The first-order chi connectivity index (χ1) is 8.41. The molecule has 3 N–H and O–H groups in total. The molecule has 1 aliphatic carbocycles. The van der Waals surface area contributed by atoms with Crippen LogP contribution in [0.25, 0.3) is 0 Å². The van der Waals surface area contributed by atoms with Crippen molar-refractivity contribution >= 4 is 49.7 Å². The SMILES string of the molecule is Cl.NC1(CNS(=O)(=O)c2ccc(Br)s2)CCCCC1. The van der Waals surface area contributed by atoms with Gasteiger partial charge in [-0.15, -0.1) is 23.7 Å². The van der Waals surface area contributed by atoms with Gasteiger partial charge in [-0.05, 0) is 40.9 Å². The minimum absolute atomic E-state index is 0. The van der Waals surface area contributed by atoms with Gasteiger partial charge in [-0.3, -0.25) is 0 Å². The Bertz CT molecular complexity index is 513. The molecule has 0 aliphatic heterocycles. The molecule has 0 bridgehead atoms. The van der Waals surface area contributed by atoms with E-state index in [1.54, 1.807) is 12.1 Å². The van der Waals surface area contributed by atoms with E-state index in [9.17, 15) is 8.42 Å². The van der Waals surface area contributed by atoms with Crippen molar-refractivity contribution in [2.45, 2.75) is 41.9 Å². The minimum Gasteiger partial charge on any atom is -0.324 e. The van der Waals surface area contributed by atoms with Crippen molar-refractivity contribution in [2.75, 3.05) is 6.54 Å². The van der Waals surface area contributed by atoms with Crippen LogP contribution in [0.1, 0.15) is 32.1 Å². The molecule has 1 aromatic heterocycles. The summed E-state index contributed by atoms with van der Waals surface area (Å²) >= 11 is 4.47. The van der Waals surface area contributed by atoms with Crippen LogP contribution >= 0.6 is 39.7 Å². The van der Waals surface area contributed by atoms with E-state index in [1.165, 1.54) is 17.8 Å². The predicted molar refractivity (Wildman–Crippen MR) is 84.5 cm³/mol. The number of halogens is 2. The molecule has 0 aromatic carbocycles. The number of hydrogen-bond donors (Lipinski definition) is 2. The second kappa shape index (κ2) is 6.87. The monoisotopic (exact) mass is 388 g/mol. The highest BCUT2D eigenvalue weighted by atomic mass is 79.9. The molecular weight excluding hydrogens is 372 g/mol. The summed E-state index contributed by atoms with van der Waals surface area (Å²) in [6.45, 7) is 0.324. The lowest BCUT2D eigenvalue weighted by Gasteiger charge is -2.33. The predicted octanol–water partition coefficient (Wildman–Crippen LogP) is 2.87. The maximum Gasteiger partial charge on any atom is 0.250 e. The third-order valence-corrected chi connectivity index (χ3v) is 6.79. The molecule has 19 heavy (non-hydrogen) atoms. The van der Waals surface area contributed by atoms with Crippen LogP contribution in [0, 0.1) is 0 Å². The van der Waals surface area contributed by atoms with E-state index in [1.807, 2.05) is 0 Å². The Morgan fingerprint density at radius 1 is 1.32 bits per heavy atom. The topological polar surface area (TPSA) is 72.2 Å². The second-order valence-electron chi connectivity index (χ2n) is 4.81. The summed E-state index contributed by atoms with van der Waals surface area (Å²) in [5, 5.41) is 0. The average Bonchev–Trinajstić information content (AvgIpc) is 2.76. The fourth-order valence-electron chi connectivity index (χ4n) is 2.18. The molecule has 2 rings (SSSR count). The number of hydrogen-bond acceptors (Lipinski definition) is 4. The van der Waals surface area contributed by atoms with Crippen molar-refractivity contribution in [3.8, 4) is 0 Å². The molecule has 1 aliphatic rings. The normalized spacial score (nSPS) is 18.8. The first-order valence-electron chi connectivity index (χ1n) is 5.95. The number of thiophene rings is 1. The highest BCUT2D eigenvalue weighted by molar-refractivity contribution is 9.11. The average molecular weight is 390 g/mol. The fourth-order valence-corrected chi connectivity index (χ4v) is 5.38. The van der Waals surface area contributed by atoms with E-state index in [0.717, 1.165) is 29.5 Å². The van der Waals surface area contributed by atoms with Crippen molar-refractivity contribution < 1.29 is 8.42 Å². The Balaban J connectivity index is 0.00000180. The molecule has 0 saturated heterocycles. The largest absolute Gasteiger partial charge is 0.324 e. The Morgan fingerprint density at radius 2 is 1.95 bits per heavy atom. The van der Waals surface area contributed by atoms with Crippen LogP contribution in [0.15, 0.2) is 20.1 Å². The second-order valence-corrected chi connectivity index (χ2v) is 9.26. The lowest BCUT2D eigenvalue weighted by atomic mass is 9.83. The van der Waals surface area contributed by atoms with Crippen molar-refractivity contribution in [3.05, 3.63) is 15.9 Å². The highest BCUT2D eigenvalue weighted by Gasteiger charge is 2.29. The molecule has 1 saturated carbocycles. The van der Waals surface area contributed by atoms with Crippen LogP contribution < -0.4 is 10.5 Å². The molecule has 110 valence electrons. The van der Waals surface area contributed by atoms with Crippen LogP contribution in [0.3, 0.4) is 0 Å². The molecule has 1 fully saturated rings. The lowest BCUT2D eigenvalue weighted by molar-refractivity contribution is 0.296. The zero-order chi connectivity index (χ0) is 13.2. The van der Waals surface area contributed by atoms with Crippen molar-refractivity contribution in [1.29, 1.82) is 0 Å². The van der Waals surface area contributed by atoms with Gasteiger partial charge in [0, 0.05) is 12.1 Å². The Kier molecular flexibility index (Phi) is 6.28. The van der Waals surface area contributed by atoms with E-state index in [0.29, 0.717) is 10.8 Å². The molecule has 4 nitrogen and oxygen atoms in total. The zero-order valence-electron chi connectivity index (χ0n) is 10.4. The van der Waals surface area contributed by atoms with Crippen molar-refractivity contribution in [2.24, 2.45) is 5.73 Å². The van der Waals surface area contributed by atoms with Gasteiger partial charge in [-0.2, -0.15) is 0 Å². The van der Waals surface area contributed by atoms with Gasteiger partial charge in [0.15, 0.2) is 0 Å². The van der Waals surface area contributed by atoms with Crippen molar-refractivity contribution in [1.82, 2.24) is 4.72 Å². The molecule has 1 aromatic rings. The molecule has 0 amide bonds. The number of sulfonamides is 1. The fraction of sp³-hybridized carbons (Fsp3) is 0.636. The maximum absolute atomic E-state index is 12.1. The minimum atomic E-state index is -3.42. The summed E-state index contributed by atoms with van der Waals surface area (Å²) in [5.74, 6) is 0. The number of rotatable bonds is 4. The first kappa shape index (κ1) is 17.4. The van der Waals surface area contributed by atoms with E-state index >= 15 is 0 Å². The molecule has 0 radical (unpaired) electrons. The smallest absolute Gasteiger partial charge is 0.250 e. The summed E-state index contributed by atoms with van der Waals surface area (Å²) in [5.41, 5.74) is 5.84. The molecule has 1 heterocycles. The maximum atomic E-state index is 12.1. The number of nitrogens with two attached hydrogens (primary N) is 1. The third kappa shape index (κ3) is 4.68. The van der Waals surface area contributed by atoms with Gasteiger partial charge in [0.1, 0.15) is 4.21 Å². The molecule has 0 spiro atoms. The first-order valence-corrected chi connectivity index (χ1v) is 9.05. The zero-order valence-corrected chi connectivity index (χ0v) is 14.4. The quantitative estimate of drug-likeness (QED) is 0.831. The summed E-state index contributed by atoms with van der Waals surface area (Å²) in [6.07, 6.45) is 5.16. The van der Waals surface area contributed by atoms with Gasteiger partial charge in [0.05, 0.1) is 3.79 Å². The third-order valence-electron chi connectivity index (χ3n) is 3.28. The van der Waals surface area contributed by atoms with Crippen LogP contribution in [-0.4, -0.2) is 20.5 Å². The van der Waals surface area contributed by atoms with E-state index in [-0.39, 0.29) is 17.9 Å². The van der Waals surface area contributed by atoms with Crippen LogP contribution in [-0.2, 0) is 10.0 Å². The lowest BCUT2D eigenvalue weighted by Crippen LogP contribution is -2.51. The molecule has 0 unspecified atom stereocenters. The van der Waals surface area contributed by atoms with Gasteiger partial charge in [-0.1, -0.05) is 19.3 Å². The summed E-state index contributed by atoms with van der Waals surface area (Å²) in [7, 11) is -3.42. The van der Waals surface area contributed by atoms with Gasteiger partial charge in [-0.25, -0.2) is 13.1 Å². The molecular formula is C11H18BrClN2O2S2. The van der Waals surface area contributed by atoms with E-state index < -0.39 is 10.0 Å². The van der Waals surface area contributed by atoms with Gasteiger partial charge in [0.2, 0.25) is 10.0 Å². The summed E-state index contributed by atoms with van der Waals surface area (Å²) < 4.78 is 27.9. The van der Waals surface area contributed by atoms with Crippen LogP contribution in [0.2, 0.25) is 0 Å².